The van der Waals surface area contributed by atoms with Gasteiger partial charge in [-0.15, -0.1) is 0 Å². The molecule has 25 heavy (non-hydrogen) atoms. The van der Waals surface area contributed by atoms with Crippen LogP contribution in [0.2, 0.25) is 0 Å². The highest BCUT2D eigenvalue weighted by Gasteiger charge is 2.07. The molecule has 0 unspecified atom stereocenters. The number of nitrogen functional groups attached to an aromatic ring is 1. The molecule has 0 saturated carbocycles. The van der Waals surface area contributed by atoms with E-state index in [0.29, 0.717) is 24.2 Å². The highest BCUT2D eigenvalue weighted by molar-refractivity contribution is 5.83. The van der Waals surface area contributed by atoms with Gasteiger partial charge in [0.1, 0.15) is 0 Å². The first-order valence-electron chi connectivity index (χ1n) is 9.53. The third kappa shape index (κ3) is 5.89. The zero-order valence-electron chi connectivity index (χ0n) is 16.2. The highest BCUT2D eigenvalue weighted by Crippen LogP contribution is 2.26. The first-order chi connectivity index (χ1) is 12.0. The fourth-order valence-corrected chi connectivity index (χ4v) is 2.77. The van der Waals surface area contributed by atoms with E-state index in [-0.39, 0.29) is 0 Å². The number of aromatic nitrogens is 1. The smallest absolute Gasteiger partial charge is 0.166 e. The summed E-state index contributed by atoms with van der Waals surface area (Å²) in [4.78, 5) is 6.88. The lowest BCUT2D eigenvalue weighted by atomic mass is 10.0. The zero-order chi connectivity index (χ0) is 18.2. The molecule has 4 nitrogen and oxygen atoms in total. The Morgan fingerprint density at radius 2 is 1.96 bits per heavy atom. The van der Waals surface area contributed by atoms with Crippen molar-refractivity contribution in [2.75, 3.05) is 25.9 Å². The van der Waals surface area contributed by atoms with Crippen LogP contribution in [0, 0.1) is 0 Å². The molecule has 0 radical (unpaired) electrons. The Labute approximate surface area is 152 Å². The molecule has 0 amide bonds. The van der Waals surface area contributed by atoms with Crippen LogP contribution in [0.25, 0.3) is 10.9 Å². The standard InChI is InChI=1S/C21H33N3O/c1-5-6-13-25-20-15-18-14-17(10-11-19(18)23-21(20)22)9-7-8-12-24(4)16(2)3/h10-11,14-16H,5-9,12-13H2,1-4H3,(H2,22,23). The monoisotopic (exact) mass is 343 g/mol. The van der Waals surface area contributed by atoms with E-state index in [1.165, 1.54) is 18.4 Å². The van der Waals surface area contributed by atoms with Gasteiger partial charge in [0.2, 0.25) is 0 Å². The molecule has 0 atom stereocenters. The van der Waals surface area contributed by atoms with Crippen molar-refractivity contribution in [3.8, 4) is 5.75 Å². The van der Waals surface area contributed by atoms with Crippen LogP contribution in [0.1, 0.15) is 52.0 Å². The molecule has 2 rings (SSSR count). The van der Waals surface area contributed by atoms with Crippen molar-refractivity contribution in [1.82, 2.24) is 9.88 Å². The van der Waals surface area contributed by atoms with Gasteiger partial charge in [-0.2, -0.15) is 0 Å². The van der Waals surface area contributed by atoms with Crippen LogP contribution in [0.3, 0.4) is 0 Å². The number of fused-ring (bicyclic) bond motifs is 1. The SMILES string of the molecule is CCCCOc1cc2cc(CCCCN(C)C(C)C)ccc2nc1N. The molecule has 0 aliphatic carbocycles. The number of aryl methyl sites for hydroxylation is 1. The van der Waals surface area contributed by atoms with Gasteiger partial charge in [-0.05, 0) is 76.9 Å². The van der Waals surface area contributed by atoms with Crippen LogP contribution in [-0.2, 0) is 6.42 Å². The van der Waals surface area contributed by atoms with E-state index < -0.39 is 0 Å². The summed E-state index contributed by atoms with van der Waals surface area (Å²) in [5, 5.41) is 1.11. The summed E-state index contributed by atoms with van der Waals surface area (Å²) in [6.07, 6.45) is 5.65. The second-order valence-electron chi connectivity index (χ2n) is 7.13. The van der Waals surface area contributed by atoms with Crippen LogP contribution < -0.4 is 10.5 Å². The number of benzene rings is 1. The number of unbranched alkanes of at least 4 members (excludes halogenated alkanes) is 2. The van der Waals surface area contributed by atoms with Gasteiger partial charge >= 0.3 is 0 Å². The molecule has 1 aromatic heterocycles. The lowest BCUT2D eigenvalue weighted by Gasteiger charge is -2.20. The third-order valence-electron chi connectivity index (χ3n) is 4.74. The fraction of sp³-hybridized carbons (Fsp3) is 0.571. The molecule has 0 saturated heterocycles. The molecule has 2 aromatic rings. The van der Waals surface area contributed by atoms with Crippen molar-refractivity contribution in [1.29, 1.82) is 0 Å². The van der Waals surface area contributed by atoms with Crippen molar-refractivity contribution in [2.24, 2.45) is 0 Å². The van der Waals surface area contributed by atoms with E-state index in [2.05, 4.69) is 55.9 Å². The number of rotatable bonds is 10. The average molecular weight is 344 g/mol. The number of ether oxygens (including phenoxy) is 1. The number of pyridine rings is 1. The van der Waals surface area contributed by atoms with Crippen molar-refractivity contribution >= 4 is 16.7 Å². The van der Waals surface area contributed by atoms with Crippen LogP contribution in [0.5, 0.6) is 5.75 Å². The van der Waals surface area contributed by atoms with Gasteiger partial charge in [0.25, 0.3) is 0 Å². The minimum atomic E-state index is 0.480. The Balaban J connectivity index is 1.98. The molecular weight excluding hydrogens is 310 g/mol. The average Bonchev–Trinajstić information content (AvgIpc) is 2.59. The lowest BCUT2D eigenvalue weighted by molar-refractivity contribution is 0.268. The molecule has 1 heterocycles. The maximum atomic E-state index is 6.02. The van der Waals surface area contributed by atoms with Gasteiger partial charge in [0.15, 0.2) is 11.6 Å². The van der Waals surface area contributed by atoms with Crippen LogP contribution in [0.4, 0.5) is 5.82 Å². The minimum absolute atomic E-state index is 0.480. The molecule has 4 heteroatoms. The Hall–Kier alpha value is -1.81. The predicted molar refractivity (Wildman–Crippen MR) is 107 cm³/mol. The summed E-state index contributed by atoms with van der Waals surface area (Å²) in [7, 11) is 2.19. The molecule has 0 aliphatic rings. The van der Waals surface area contributed by atoms with Gasteiger partial charge in [0.05, 0.1) is 12.1 Å². The number of hydrogen-bond donors (Lipinski definition) is 1. The molecular formula is C21H33N3O. The Morgan fingerprint density at radius 1 is 1.16 bits per heavy atom. The first-order valence-corrected chi connectivity index (χ1v) is 9.53. The van der Waals surface area contributed by atoms with Crippen molar-refractivity contribution < 1.29 is 4.74 Å². The Kier molecular flexibility index (Phi) is 7.51. The number of hydrogen-bond acceptors (Lipinski definition) is 4. The maximum absolute atomic E-state index is 6.02. The zero-order valence-corrected chi connectivity index (χ0v) is 16.2. The van der Waals surface area contributed by atoms with E-state index in [9.17, 15) is 0 Å². The van der Waals surface area contributed by atoms with Gasteiger partial charge < -0.3 is 15.4 Å². The fourth-order valence-electron chi connectivity index (χ4n) is 2.77. The Morgan fingerprint density at radius 3 is 2.68 bits per heavy atom. The van der Waals surface area contributed by atoms with Crippen molar-refractivity contribution in [3.05, 3.63) is 29.8 Å². The summed E-state index contributed by atoms with van der Waals surface area (Å²) in [5.74, 6) is 1.18. The summed E-state index contributed by atoms with van der Waals surface area (Å²) < 4.78 is 5.78. The van der Waals surface area contributed by atoms with E-state index >= 15 is 0 Å². The van der Waals surface area contributed by atoms with Gasteiger partial charge in [-0.1, -0.05) is 19.4 Å². The number of anilines is 1. The topological polar surface area (TPSA) is 51.4 Å². The number of nitrogens with zero attached hydrogens (tertiary/aromatic N) is 2. The van der Waals surface area contributed by atoms with Crippen LogP contribution >= 0.6 is 0 Å². The third-order valence-corrected chi connectivity index (χ3v) is 4.74. The quantitative estimate of drug-likeness (QED) is 0.638. The van der Waals surface area contributed by atoms with Crippen LogP contribution in [-0.4, -0.2) is 36.1 Å². The van der Waals surface area contributed by atoms with E-state index in [0.717, 1.165) is 36.7 Å². The molecule has 0 fully saturated rings. The van der Waals surface area contributed by atoms with Crippen molar-refractivity contribution in [3.63, 3.8) is 0 Å². The van der Waals surface area contributed by atoms with Gasteiger partial charge in [-0.3, -0.25) is 0 Å². The second kappa shape index (κ2) is 9.62. The van der Waals surface area contributed by atoms with Crippen LogP contribution in [0.15, 0.2) is 24.3 Å². The van der Waals surface area contributed by atoms with E-state index in [4.69, 9.17) is 10.5 Å². The highest BCUT2D eigenvalue weighted by atomic mass is 16.5. The van der Waals surface area contributed by atoms with E-state index in [1.54, 1.807) is 0 Å². The largest absolute Gasteiger partial charge is 0.490 e. The second-order valence-corrected chi connectivity index (χ2v) is 7.13. The van der Waals surface area contributed by atoms with Crippen molar-refractivity contribution in [2.45, 2.75) is 58.9 Å². The normalized spacial score (nSPS) is 11.6. The minimum Gasteiger partial charge on any atom is -0.490 e. The first kappa shape index (κ1) is 19.5. The lowest BCUT2D eigenvalue weighted by Crippen LogP contribution is -2.27. The van der Waals surface area contributed by atoms with Gasteiger partial charge in [-0.25, -0.2) is 4.98 Å². The molecule has 2 N–H and O–H groups in total. The predicted octanol–water partition coefficient (Wildman–Crippen LogP) is 4.66. The molecule has 0 bridgehead atoms. The molecule has 0 spiro atoms. The molecule has 1 aromatic carbocycles. The molecule has 138 valence electrons. The summed E-state index contributed by atoms with van der Waals surface area (Å²) in [5.41, 5.74) is 8.30. The van der Waals surface area contributed by atoms with E-state index in [1.807, 2.05) is 6.07 Å². The summed E-state index contributed by atoms with van der Waals surface area (Å²) in [6.45, 7) is 8.47. The molecule has 0 aliphatic heterocycles. The Bertz CT molecular complexity index is 669. The summed E-state index contributed by atoms with van der Waals surface area (Å²) in [6, 6.07) is 9.10. The number of nitrogens with two attached hydrogens (primary N) is 1. The maximum Gasteiger partial charge on any atom is 0.166 e. The van der Waals surface area contributed by atoms with Gasteiger partial charge in [0, 0.05) is 11.4 Å². The summed E-state index contributed by atoms with van der Waals surface area (Å²) >= 11 is 0.